The van der Waals surface area contributed by atoms with Gasteiger partial charge in [0.05, 0.1) is 0 Å². The van der Waals surface area contributed by atoms with Gasteiger partial charge in [0.25, 0.3) is 0 Å². The van der Waals surface area contributed by atoms with E-state index in [1.54, 1.807) is 6.07 Å². The van der Waals surface area contributed by atoms with Gasteiger partial charge >= 0.3 is 0 Å². The zero-order chi connectivity index (χ0) is 13.2. The molecular formula is C15H24FNO. The van der Waals surface area contributed by atoms with Crippen LogP contribution in [0.1, 0.15) is 38.2 Å². The zero-order valence-corrected chi connectivity index (χ0v) is 11.4. The number of ether oxygens (including phenoxy) is 1. The maximum Gasteiger partial charge on any atom is 0.126 e. The molecule has 0 radical (unpaired) electrons. The van der Waals surface area contributed by atoms with Gasteiger partial charge in [-0.3, -0.25) is 0 Å². The third-order valence-corrected chi connectivity index (χ3v) is 2.94. The van der Waals surface area contributed by atoms with E-state index in [0.717, 1.165) is 38.1 Å². The summed E-state index contributed by atoms with van der Waals surface area (Å²) >= 11 is 0. The van der Waals surface area contributed by atoms with E-state index in [2.05, 4.69) is 19.2 Å². The Hall–Kier alpha value is -0.930. The van der Waals surface area contributed by atoms with E-state index in [9.17, 15) is 4.39 Å². The minimum absolute atomic E-state index is 0.115. The third kappa shape index (κ3) is 5.15. The van der Waals surface area contributed by atoms with Gasteiger partial charge in [-0.1, -0.05) is 32.0 Å². The quantitative estimate of drug-likeness (QED) is 0.682. The summed E-state index contributed by atoms with van der Waals surface area (Å²) in [7, 11) is 0. The lowest BCUT2D eigenvalue weighted by Gasteiger charge is -2.18. The predicted octanol–water partition coefficient (Wildman–Crippen LogP) is 3.34. The summed E-state index contributed by atoms with van der Waals surface area (Å²) in [5.41, 5.74) is 0.790. The highest BCUT2D eigenvalue weighted by Gasteiger charge is 2.14. The standard InChI is InChI=1S/C15H24FNO/c1-3-10-18-11-9-13(12-17-4-2)14-7-5-6-8-15(14)16/h5-8,13,17H,3-4,9-12H2,1-2H3. The van der Waals surface area contributed by atoms with Crippen molar-refractivity contribution in [1.82, 2.24) is 5.32 Å². The first kappa shape index (κ1) is 15.1. The molecule has 0 amide bonds. The van der Waals surface area contributed by atoms with E-state index in [1.165, 1.54) is 6.07 Å². The van der Waals surface area contributed by atoms with Crippen LogP contribution in [0.2, 0.25) is 0 Å². The van der Waals surface area contributed by atoms with Crippen LogP contribution in [0, 0.1) is 5.82 Å². The Balaban J connectivity index is 2.57. The van der Waals surface area contributed by atoms with Crippen molar-refractivity contribution in [2.24, 2.45) is 0 Å². The molecule has 1 aromatic carbocycles. The summed E-state index contributed by atoms with van der Waals surface area (Å²) in [6.45, 7) is 7.33. The van der Waals surface area contributed by atoms with Crippen LogP contribution in [0.25, 0.3) is 0 Å². The molecule has 0 aliphatic heterocycles. The Morgan fingerprint density at radius 3 is 2.67 bits per heavy atom. The molecule has 0 aliphatic carbocycles. The lowest BCUT2D eigenvalue weighted by atomic mass is 9.95. The van der Waals surface area contributed by atoms with Crippen molar-refractivity contribution in [2.75, 3.05) is 26.3 Å². The molecule has 1 rings (SSSR count). The molecule has 1 aromatic rings. The van der Waals surface area contributed by atoms with Crippen LogP contribution < -0.4 is 5.32 Å². The molecule has 0 heterocycles. The van der Waals surface area contributed by atoms with Gasteiger partial charge in [-0.25, -0.2) is 4.39 Å². The Kier molecular flexibility index (Phi) is 7.62. The van der Waals surface area contributed by atoms with Crippen molar-refractivity contribution in [3.05, 3.63) is 35.6 Å². The highest BCUT2D eigenvalue weighted by molar-refractivity contribution is 5.22. The highest BCUT2D eigenvalue weighted by Crippen LogP contribution is 2.22. The Labute approximate surface area is 110 Å². The lowest BCUT2D eigenvalue weighted by Crippen LogP contribution is -2.23. The first-order valence-corrected chi connectivity index (χ1v) is 6.82. The molecular weight excluding hydrogens is 229 g/mol. The van der Waals surface area contributed by atoms with Gasteiger partial charge in [0.1, 0.15) is 5.82 Å². The second-order valence-electron chi connectivity index (χ2n) is 4.43. The molecule has 18 heavy (non-hydrogen) atoms. The number of nitrogens with one attached hydrogen (secondary N) is 1. The lowest BCUT2D eigenvalue weighted by molar-refractivity contribution is 0.127. The van der Waals surface area contributed by atoms with Gasteiger partial charge in [-0.15, -0.1) is 0 Å². The molecule has 1 unspecified atom stereocenters. The van der Waals surface area contributed by atoms with Crippen molar-refractivity contribution in [1.29, 1.82) is 0 Å². The van der Waals surface area contributed by atoms with E-state index in [0.29, 0.717) is 6.61 Å². The Morgan fingerprint density at radius 2 is 2.00 bits per heavy atom. The first-order valence-electron chi connectivity index (χ1n) is 6.82. The van der Waals surface area contributed by atoms with Gasteiger partial charge in [-0.2, -0.15) is 0 Å². The summed E-state index contributed by atoms with van der Waals surface area (Å²) < 4.78 is 19.3. The summed E-state index contributed by atoms with van der Waals surface area (Å²) in [6, 6.07) is 7.03. The topological polar surface area (TPSA) is 21.3 Å². The maximum atomic E-state index is 13.8. The SMILES string of the molecule is CCCOCCC(CNCC)c1ccccc1F. The van der Waals surface area contributed by atoms with E-state index < -0.39 is 0 Å². The van der Waals surface area contributed by atoms with Crippen molar-refractivity contribution >= 4 is 0 Å². The molecule has 0 saturated heterocycles. The van der Waals surface area contributed by atoms with Gasteiger partial charge < -0.3 is 10.1 Å². The van der Waals surface area contributed by atoms with E-state index in [4.69, 9.17) is 4.74 Å². The average Bonchev–Trinajstić information content (AvgIpc) is 2.39. The van der Waals surface area contributed by atoms with E-state index >= 15 is 0 Å². The molecule has 102 valence electrons. The van der Waals surface area contributed by atoms with E-state index in [1.807, 2.05) is 12.1 Å². The third-order valence-electron chi connectivity index (χ3n) is 2.94. The normalized spacial score (nSPS) is 12.6. The van der Waals surface area contributed by atoms with Gasteiger partial charge in [0, 0.05) is 25.7 Å². The van der Waals surface area contributed by atoms with Gasteiger partial charge in [-0.05, 0) is 31.0 Å². The molecule has 0 bridgehead atoms. The second-order valence-corrected chi connectivity index (χ2v) is 4.43. The van der Waals surface area contributed by atoms with Crippen molar-refractivity contribution < 1.29 is 9.13 Å². The largest absolute Gasteiger partial charge is 0.381 e. The minimum atomic E-state index is -0.115. The Bertz CT molecular complexity index is 330. The Morgan fingerprint density at radius 1 is 1.22 bits per heavy atom. The molecule has 2 nitrogen and oxygen atoms in total. The van der Waals surface area contributed by atoms with Crippen molar-refractivity contribution in [3.63, 3.8) is 0 Å². The smallest absolute Gasteiger partial charge is 0.126 e. The predicted molar refractivity (Wildman–Crippen MR) is 73.4 cm³/mol. The van der Waals surface area contributed by atoms with Crippen LogP contribution in [0.5, 0.6) is 0 Å². The first-order chi connectivity index (χ1) is 8.79. The number of likely N-dealkylation sites (N-methyl/N-ethyl adjacent to an activating group) is 1. The summed E-state index contributed by atoms with van der Waals surface area (Å²) in [5, 5.41) is 3.29. The molecule has 0 spiro atoms. The van der Waals surface area contributed by atoms with Crippen LogP contribution in [0.15, 0.2) is 24.3 Å². The number of hydrogen-bond acceptors (Lipinski definition) is 2. The molecule has 1 atom stereocenters. The summed E-state index contributed by atoms with van der Waals surface area (Å²) in [5.74, 6) is 0.0684. The van der Waals surface area contributed by atoms with Crippen LogP contribution >= 0.6 is 0 Å². The van der Waals surface area contributed by atoms with Crippen LogP contribution in [-0.4, -0.2) is 26.3 Å². The van der Waals surface area contributed by atoms with Crippen molar-refractivity contribution in [2.45, 2.75) is 32.6 Å². The second kappa shape index (κ2) is 9.06. The molecule has 0 saturated carbocycles. The molecule has 0 aromatic heterocycles. The number of rotatable bonds is 9. The minimum Gasteiger partial charge on any atom is -0.381 e. The van der Waals surface area contributed by atoms with Gasteiger partial charge in [0.15, 0.2) is 0 Å². The molecule has 0 fully saturated rings. The average molecular weight is 253 g/mol. The van der Waals surface area contributed by atoms with Crippen LogP contribution in [0.4, 0.5) is 4.39 Å². The fourth-order valence-corrected chi connectivity index (χ4v) is 1.96. The monoisotopic (exact) mass is 253 g/mol. The van der Waals surface area contributed by atoms with Crippen LogP contribution in [0.3, 0.4) is 0 Å². The summed E-state index contributed by atoms with van der Waals surface area (Å²) in [4.78, 5) is 0. The fraction of sp³-hybridized carbons (Fsp3) is 0.600. The number of hydrogen-bond donors (Lipinski definition) is 1. The van der Waals surface area contributed by atoms with Crippen molar-refractivity contribution in [3.8, 4) is 0 Å². The highest BCUT2D eigenvalue weighted by atomic mass is 19.1. The van der Waals surface area contributed by atoms with E-state index in [-0.39, 0.29) is 11.7 Å². The molecule has 0 aliphatic rings. The van der Waals surface area contributed by atoms with Gasteiger partial charge in [0.2, 0.25) is 0 Å². The number of benzene rings is 1. The molecule has 3 heteroatoms. The molecule has 1 N–H and O–H groups in total. The fourth-order valence-electron chi connectivity index (χ4n) is 1.96. The van der Waals surface area contributed by atoms with Crippen LogP contribution in [-0.2, 0) is 4.74 Å². The number of halogens is 1. The zero-order valence-electron chi connectivity index (χ0n) is 11.4. The summed E-state index contributed by atoms with van der Waals surface area (Å²) in [6.07, 6.45) is 1.88. The maximum absolute atomic E-state index is 13.8.